The standard InChI is InChI=1S/C48H63N9O3/c1-26(2)41(50)46(59)56-21-7-9-38(56)44-52-25-37(55-44)33-15-14-31(34(24-49)43(33)58)30-13-12-29(40-32(30)17-20-48(40)18-5-6-19-48)28-11-16-35-36(23-28)54-45(53-35)39-10-8-22-57(39)47(60)42(51)27(3)4/h11-16,23-27,38-39,41-42,44-45,49,52-55,58H,5-10,17-22,50-51H2,1-4H3. The molecule has 0 aromatic heterocycles. The van der Waals surface area contributed by atoms with E-state index in [4.69, 9.17) is 16.9 Å². The highest BCUT2D eigenvalue weighted by molar-refractivity contribution is 5.97. The van der Waals surface area contributed by atoms with Gasteiger partial charge in [-0.25, -0.2) is 0 Å². The van der Waals surface area contributed by atoms with E-state index in [1.165, 1.54) is 41.3 Å². The fourth-order valence-corrected chi connectivity index (χ4v) is 11.3. The van der Waals surface area contributed by atoms with E-state index in [1.807, 2.05) is 49.8 Å². The Morgan fingerprint density at radius 3 is 2.02 bits per heavy atom. The number of benzene rings is 3. The molecular formula is C48H63N9O3. The Balaban J connectivity index is 0.999. The van der Waals surface area contributed by atoms with Crippen molar-refractivity contribution in [3.05, 3.63) is 70.9 Å². The van der Waals surface area contributed by atoms with Crippen LogP contribution in [0.1, 0.15) is 108 Å². The first-order chi connectivity index (χ1) is 28.9. The summed E-state index contributed by atoms with van der Waals surface area (Å²) in [6, 6.07) is 14.1. The van der Waals surface area contributed by atoms with E-state index in [0.29, 0.717) is 17.7 Å². The Morgan fingerprint density at radius 2 is 1.37 bits per heavy atom. The second-order valence-electron chi connectivity index (χ2n) is 19.0. The Kier molecular flexibility index (Phi) is 10.6. The molecule has 6 unspecified atom stereocenters. The zero-order chi connectivity index (χ0) is 42.0. The number of phenols is 1. The first kappa shape index (κ1) is 40.3. The molecule has 4 aliphatic heterocycles. The van der Waals surface area contributed by atoms with Gasteiger partial charge in [-0.3, -0.25) is 9.59 Å². The molecule has 3 aromatic carbocycles. The smallest absolute Gasteiger partial charge is 0.240 e. The number of carbonyl (C=O) groups excluding carboxylic acids is 2. The van der Waals surface area contributed by atoms with Crippen molar-refractivity contribution in [1.29, 1.82) is 5.41 Å². The van der Waals surface area contributed by atoms with E-state index in [2.05, 4.69) is 57.7 Å². The molecule has 318 valence electrons. The average Bonchev–Trinajstić information content (AvgIpc) is 4.11. The van der Waals surface area contributed by atoms with Crippen LogP contribution in [0, 0.1) is 17.2 Å². The Bertz CT molecular complexity index is 2230. The molecule has 1 saturated carbocycles. The third-order valence-corrected chi connectivity index (χ3v) is 14.8. The second-order valence-corrected chi connectivity index (χ2v) is 19.0. The number of nitrogens with zero attached hydrogens (tertiary/aromatic N) is 2. The van der Waals surface area contributed by atoms with Gasteiger partial charge in [0.2, 0.25) is 11.8 Å². The minimum atomic E-state index is -0.539. The van der Waals surface area contributed by atoms with Gasteiger partial charge in [0.05, 0.1) is 41.2 Å². The van der Waals surface area contributed by atoms with E-state index >= 15 is 0 Å². The van der Waals surface area contributed by atoms with Gasteiger partial charge < -0.3 is 53.1 Å². The third-order valence-electron chi connectivity index (χ3n) is 14.8. The van der Waals surface area contributed by atoms with Crippen LogP contribution in [-0.4, -0.2) is 82.5 Å². The molecule has 0 radical (unpaired) electrons. The molecule has 0 bridgehead atoms. The fourth-order valence-electron chi connectivity index (χ4n) is 11.3. The highest BCUT2D eigenvalue weighted by Crippen LogP contribution is 2.56. The van der Waals surface area contributed by atoms with Crippen molar-refractivity contribution in [2.24, 2.45) is 23.3 Å². The zero-order valence-corrected chi connectivity index (χ0v) is 35.6. The van der Waals surface area contributed by atoms with Crippen LogP contribution in [0.2, 0.25) is 0 Å². The van der Waals surface area contributed by atoms with Crippen molar-refractivity contribution in [3.63, 3.8) is 0 Å². The molecule has 6 aliphatic rings. The summed E-state index contributed by atoms with van der Waals surface area (Å²) in [6.07, 6.45) is 13.3. The van der Waals surface area contributed by atoms with Crippen molar-refractivity contribution >= 4 is 35.1 Å². The summed E-state index contributed by atoms with van der Waals surface area (Å²) < 4.78 is 0. The molecule has 2 aliphatic carbocycles. The molecule has 3 fully saturated rings. The molecule has 2 saturated heterocycles. The summed E-state index contributed by atoms with van der Waals surface area (Å²) in [7, 11) is 0. The zero-order valence-electron chi connectivity index (χ0n) is 35.6. The lowest BCUT2D eigenvalue weighted by molar-refractivity contribution is -0.135. The number of nitrogens with one attached hydrogen (secondary N) is 5. The van der Waals surface area contributed by atoms with Gasteiger partial charge >= 0.3 is 0 Å². The largest absolute Gasteiger partial charge is 0.507 e. The number of likely N-dealkylation sites (tertiary alicyclic amines) is 2. The predicted octanol–water partition coefficient (Wildman–Crippen LogP) is 6.41. The molecule has 60 heavy (non-hydrogen) atoms. The maximum atomic E-state index is 13.4. The van der Waals surface area contributed by atoms with Crippen molar-refractivity contribution in [3.8, 4) is 28.0 Å². The minimum Gasteiger partial charge on any atom is -0.507 e. The number of nitrogens with two attached hydrogens (primary N) is 2. The van der Waals surface area contributed by atoms with Crippen LogP contribution in [0.15, 0.2) is 48.7 Å². The molecule has 10 N–H and O–H groups in total. The summed E-state index contributed by atoms with van der Waals surface area (Å²) in [5, 5.41) is 34.9. The molecule has 6 atom stereocenters. The lowest BCUT2D eigenvalue weighted by atomic mass is 9.76. The van der Waals surface area contributed by atoms with Crippen molar-refractivity contribution in [1.82, 2.24) is 20.4 Å². The number of carbonyl (C=O) groups is 2. The first-order valence-electron chi connectivity index (χ1n) is 22.5. The van der Waals surface area contributed by atoms with Crippen LogP contribution in [0.25, 0.3) is 28.0 Å². The van der Waals surface area contributed by atoms with Gasteiger partial charge in [-0.2, -0.15) is 0 Å². The molecule has 3 aromatic rings. The molecule has 1 spiro atoms. The number of amides is 2. The third kappa shape index (κ3) is 6.70. The van der Waals surface area contributed by atoms with Crippen molar-refractivity contribution in [2.75, 3.05) is 23.7 Å². The molecule has 4 heterocycles. The quantitative estimate of drug-likeness (QED) is 0.107. The number of phenolic OH excluding ortho intramolecular Hbond substituents is 1. The molecular weight excluding hydrogens is 751 g/mol. The normalized spacial score (nSPS) is 24.8. The van der Waals surface area contributed by atoms with E-state index < -0.39 is 12.1 Å². The van der Waals surface area contributed by atoms with E-state index in [1.54, 1.807) is 0 Å². The van der Waals surface area contributed by atoms with E-state index in [-0.39, 0.29) is 59.2 Å². The van der Waals surface area contributed by atoms with Crippen LogP contribution in [0.5, 0.6) is 5.75 Å². The molecule has 2 amide bonds. The minimum absolute atomic E-state index is 0.0211. The van der Waals surface area contributed by atoms with Gasteiger partial charge in [0.1, 0.15) is 18.1 Å². The number of aromatic hydroxyl groups is 1. The molecule has 12 heteroatoms. The first-order valence-corrected chi connectivity index (χ1v) is 22.5. The number of hydrogen-bond acceptors (Lipinski definition) is 10. The van der Waals surface area contributed by atoms with Gasteiger partial charge in [0.15, 0.2) is 0 Å². The Hall–Kier alpha value is -5.07. The maximum absolute atomic E-state index is 13.4. The summed E-state index contributed by atoms with van der Waals surface area (Å²) in [5.41, 5.74) is 23.8. The predicted molar refractivity (Wildman–Crippen MR) is 239 cm³/mol. The van der Waals surface area contributed by atoms with Crippen molar-refractivity contribution < 1.29 is 14.7 Å². The van der Waals surface area contributed by atoms with Gasteiger partial charge in [0, 0.05) is 36.6 Å². The number of anilines is 2. The summed E-state index contributed by atoms with van der Waals surface area (Å²) in [5.74, 6) is 0.217. The van der Waals surface area contributed by atoms with Crippen LogP contribution < -0.4 is 32.7 Å². The number of fused-ring (bicyclic) bond motifs is 3. The van der Waals surface area contributed by atoms with Crippen LogP contribution in [0.4, 0.5) is 11.4 Å². The second kappa shape index (κ2) is 15.8. The SMILES string of the molecule is CC(C)C(N)C(=O)N1CCCC1C1NC=C(c2ccc(-c3ccc(-c4ccc5c(c4)NC(C4CCCN4C(=O)C(N)C(C)C)N5)c4c3CCC43CCCC3)c(C=N)c2O)N1. The highest BCUT2D eigenvalue weighted by atomic mass is 16.3. The van der Waals surface area contributed by atoms with Gasteiger partial charge in [0.25, 0.3) is 0 Å². The van der Waals surface area contributed by atoms with E-state index in [9.17, 15) is 14.7 Å². The Labute approximate surface area is 354 Å². The van der Waals surface area contributed by atoms with Gasteiger partial charge in [-0.1, -0.05) is 64.8 Å². The van der Waals surface area contributed by atoms with Crippen LogP contribution in [0.3, 0.4) is 0 Å². The van der Waals surface area contributed by atoms with Crippen molar-refractivity contribution in [2.45, 2.75) is 134 Å². The number of hydrogen-bond donors (Lipinski definition) is 8. The number of rotatable bonds is 10. The van der Waals surface area contributed by atoms with E-state index in [0.717, 1.165) is 86.1 Å². The molecule has 9 rings (SSSR count). The lowest BCUT2D eigenvalue weighted by Gasteiger charge is -2.33. The summed E-state index contributed by atoms with van der Waals surface area (Å²) in [6.45, 7) is 9.37. The summed E-state index contributed by atoms with van der Waals surface area (Å²) in [4.78, 5) is 30.6. The monoisotopic (exact) mass is 814 g/mol. The highest BCUT2D eigenvalue weighted by Gasteiger charge is 2.45. The molecule has 12 nitrogen and oxygen atoms in total. The maximum Gasteiger partial charge on any atom is 0.240 e. The fraction of sp³-hybridized carbons (Fsp3) is 0.521. The Morgan fingerprint density at radius 1 is 0.767 bits per heavy atom. The van der Waals surface area contributed by atoms with Gasteiger partial charge in [-0.05, 0) is 120 Å². The van der Waals surface area contributed by atoms with Gasteiger partial charge in [-0.15, -0.1) is 0 Å². The van der Waals surface area contributed by atoms with Crippen LogP contribution >= 0.6 is 0 Å². The van der Waals surface area contributed by atoms with Crippen LogP contribution in [-0.2, 0) is 21.4 Å². The summed E-state index contributed by atoms with van der Waals surface area (Å²) >= 11 is 0. The average molecular weight is 814 g/mol. The topological polar surface area (TPSA) is 185 Å². The lowest BCUT2D eigenvalue weighted by Crippen LogP contribution is -2.55.